The smallest absolute Gasteiger partial charge is 0.179 e. The molecule has 0 aliphatic heterocycles. The Bertz CT molecular complexity index is 573. The Labute approximate surface area is 99.4 Å². The fourth-order valence-corrected chi connectivity index (χ4v) is 1.73. The van der Waals surface area contributed by atoms with Crippen molar-refractivity contribution in [3.63, 3.8) is 0 Å². The van der Waals surface area contributed by atoms with Crippen LogP contribution >= 0.6 is 11.6 Å². The predicted octanol–water partition coefficient (Wildman–Crippen LogP) is 2.41. The van der Waals surface area contributed by atoms with Crippen molar-refractivity contribution in [1.29, 1.82) is 0 Å². The van der Waals surface area contributed by atoms with E-state index < -0.39 is 24.1 Å². The molecule has 0 saturated carbocycles. The monoisotopic (exact) mass is 225 g/mol. The van der Waals surface area contributed by atoms with Crippen molar-refractivity contribution in [3.05, 3.63) is 47.0 Å². The van der Waals surface area contributed by atoms with Crippen LogP contribution in [0.5, 0.6) is 0 Å². The molecule has 0 saturated heterocycles. The molecular formula is C12H12ClNO. The van der Waals surface area contributed by atoms with Crippen LogP contribution in [0.4, 0.5) is 0 Å². The maximum atomic E-state index is 12.1. The number of benzene rings is 1. The largest absolute Gasteiger partial charge is 0.315 e. The van der Waals surface area contributed by atoms with Gasteiger partial charge in [-0.05, 0) is 30.5 Å². The number of nitrogens with two attached hydrogens (primary N) is 1. The zero-order chi connectivity index (χ0) is 14.5. The summed E-state index contributed by atoms with van der Waals surface area (Å²) >= 11 is 5.99. The van der Waals surface area contributed by atoms with Crippen molar-refractivity contribution < 1.29 is 10.3 Å². The molecule has 0 amide bonds. The van der Waals surface area contributed by atoms with Gasteiger partial charge in [-0.25, -0.2) is 0 Å². The van der Waals surface area contributed by atoms with Crippen LogP contribution in [0.3, 0.4) is 0 Å². The SMILES string of the molecule is [2H]C1([2H])C=CC(=O)C(N)(c2ccccc2Cl)C1([2H])[2H]. The highest BCUT2D eigenvalue weighted by Crippen LogP contribution is 2.33. The number of hydrogen-bond acceptors (Lipinski definition) is 2. The number of hydrogen-bond donors (Lipinski definition) is 1. The molecule has 1 aliphatic rings. The van der Waals surface area contributed by atoms with Gasteiger partial charge < -0.3 is 5.73 Å². The van der Waals surface area contributed by atoms with Gasteiger partial charge in [0.05, 0.1) is 0 Å². The Hall–Kier alpha value is -1.12. The molecule has 0 spiro atoms. The summed E-state index contributed by atoms with van der Waals surface area (Å²) in [6.07, 6.45) is -3.10. The normalized spacial score (nSPS) is 36.3. The number of carbonyl (C=O) groups is 1. The third-order valence-electron chi connectivity index (χ3n) is 2.27. The lowest BCUT2D eigenvalue weighted by molar-refractivity contribution is -0.120. The highest BCUT2D eigenvalue weighted by molar-refractivity contribution is 6.31. The van der Waals surface area contributed by atoms with E-state index in [1.807, 2.05) is 0 Å². The zero-order valence-electron chi connectivity index (χ0n) is 11.8. The van der Waals surface area contributed by atoms with Crippen LogP contribution in [-0.4, -0.2) is 5.78 Å². The van der Waals surface area contributed by atoms with Crippen molar-refractivity contribution in [2.24, 2.45) is 5.73 Å². The highest BCUT2D eigenvalue weighted by atomic mass is 35.5. The van der Waals surface area contributed by atoms with E-state index in [0.29, 0.717) is 0 Å². The molecule has 1 aromatic carbocycles. The second-order valence-corrected chi connectivity index (χ2v) is 3.66. The van der Waals surface area contributed by atoms with Gasteiger partial charge in [-0.2, -0.15) is 0 Å². The summed E-state index contributed by atoms with van der Waals surface area (Å²) in [6, 6.07) is 6.13. The van der Waals surface area contributed by atoms with Crippen LogP contribution in [0.2, 0.25) is 5.02 Å². The first-order chi connectivity index (χ1) is 8.64. The lowest BCUT2D eigenvalue weighted by Gasteiger charge is -2.30. The maximum Gasteiger partial charge on any atom is 0.179 e. The Morgan fingerprint density at radius 3 is 2.93 bits per heavy atom. The molecule has 1 unspecified atom stereocenters. The van der Waals surface area contributed by atoms with E-state index in [-0.39, 0.29) is 10.6 Å². The second-order valence-electron chi connectivity index (χ2n) is 3.25. The zero-order valence-corrected chi connectivity index (χ0v) is 8.58. The van der Waals surface area contributed by atoms with E-state index in [1.54, 1.807) is 12.1 Å². The van der Waals surface area contributed by atoms with Crippen molar-refractivity contribution >= 4 is 17.4 Å². The minimum atomic E-state index is -2.61. The molecule has 78 valence electrons. The van der Waals surface area contributed by atoms with E-state index >= 15 is 0 Å². The Morgan fingerprint density at radius 1 is 1.47 bits per heavy atom. The van der Waals surface area contributed by atoms with E-state index in [2.05, 4.69) is 0 Å². The minimum absolute atomic E-state index is 0.0832. The molecular weight excluding hydrogens is 210 g/mol. The summed E-state index contributed by atoms with van der Waals surface area (Å²) in [7, 11) is 0. The van der Waals surface area contributed by atoms with Crippen LogP contribution < -0.4 is 5.73 Å². The average molecular weight is 226 g/mol. The lowest BCUT2D eigenvalue weighted by atomic mass is 9.79. The van der Waals surface area contributed by atoms with Crippen molar-refractivity contribution in [2.75, 3.05) is 0 Å². The van der Waals surface area contributed by atoms with E-state index in [1.165, 1.54) is 12.1 Å². The Morgan fingerprint density at radius 2 is 2.20 bits per heavy atom. The molecule has 0 bridgehead atoms. The fourth-order valence-electron chi connectivity index (χ4n) is 1.45. The van der Waals surface area contributed by atoms with Gasteiger partial charge in [0, 0.05) is 10.5 Å². The van der Waals surface area contributed by atoms with Gasteiger partial charge in [0.2, 0.25) is 0 Å². The first-order valence-corrected chi connectivity index (χ1v) is 4.80. The summed E-state index contributed by atoms with van der Waals surface area (Å²) in [5.41, 5.74) is 3.91. The maximum absolute atomic E-state index is 12.1. The molecule has 3 heteroatoms. The van der Waals surface area contributed by atoms with Gasteiger partial charge in [0.25, 0.3) is 0 Å². The molecule has 2 N–H and O–H groups in total. The van der Waals surface area contributed by atoms with Gasteiger partial charge in [-0.1, -0.05) is 35.9 Å². The first kappa shape index (κ1) is 6.46. The minimum Gasteiger partial charge on any atom is -0.315 e. The van der Waals surface area contributed by atoms with Gasteiger partial charge in [0.15, 0.2) is 5.78 Å². The number of halogens is 1. The molecule has 1 aromatic rings. The molecule has 2 rings (SSSR count). The van der Waals surface area contributed by atoms with Gasteiger partial charge >= 0.3 is 0 Å². The Kier molecular flexibility index (Phi) is 1.64. The third kappa shape index (κ3) is 1.71. The Balaban J connectivity index is 2.74. The number of ketones is 1. The van der Waals surface area contributed by atoms with E-state index in [0.717, 1.165) is 12.2 Å². The van der Waals surface area contributed by atoms with Crippen molar-refractivity contribution in [1.82, 2.24) is 0 Å². The van der Waals surface area contributed by atoms with Gasteiger partial charge in [0.1, 0.15) is 5.54 Å². The van der Waals surface area contributed by atoms with Crippen LogP contribution in [-0.2, 0) is 10.3 Å². The molecule has 1 aliphatic carbocycles. The summed E-state index contributed by atoms with van der Waals surface area (Å²) < 4.78 is 31.4. The standard InChI is InChI=1S/C12H12ClNO/c13-10-6-2-1-5-9(10)12(14)8-4-3-7-11(12)15/h1-3,5-7H,4,8,14H2/i4D2,8D2. The summed E-state index contributed by atoms with van der Waals surface area (Å²) in [4.78, 5) is 12.1. The predicted molar refractivity (Wildman–Crippen MR) is 60.7 cm³/mol. The third-order valence-corrected chi connectivity index (χ3v) is 2.60. The van der Waals surface area contributed by atoms with E-state index in [4.69, 9.17) is 22.8 Å². The second kappa shape index (κ2) is 3.80. The first-order valence-electron chi connectivity index (χ1n) is 6.42. The van der Waals surface area contributed by atoms with Crippen molar-refractivity contribution in [3.8, 4) is 0 Å². The highest BCUT2D eigenvalue weighted by Gasteiger charge is 2.36. The molecule has 0 heterocycles. The fraction of sp³-hybridized carbons (Fsp3) is 0.250. The van der Waals surface area contributed by atoms with Crippen LogP contribution in [0.1, 0.15) is 23.8 Å². The van der Waals surface area contributed by atoms with Crippen LogP contribution in [0, 0.1) is 0 Å². The van der Waals surface area contributed by atoms with Gasteiger partial charge in [-0.15, -0.1) is 0 Å². The number of allylic oxidation sites excluding steroid dienone is 1. The molecule has 0 aromatic heterocycles. The molecule has 2 nitrogen and oxygen atoms in total. The van der Waals surface area contributed by atoms with Gasteiger partial charge in [-0.3, -0.25) is 4.79 Å². The van der Waals surface area contributed by atoms with E-state index in [9.17, 15) is 4.79 Å². The summed E-state index contributed by atoms with van der Waals surface area (Å²) in [5.74, 6) is -0.708. The topological polar surface area (TPSA) is 43.1 Å². The molecule has 1 atom stereocenters. The summed E-state index contributed by atoms with van der Waals surface area (Å²) in [6.45, 7) is 0. The molecule has 15 heavy (non-hydrogen) atoms. The molecule has 0 fully saturated rings. The average Bonchev–Trinajstić information content (AvgIpc) is 2.33. The van der Waals surface area contributed by atoms with Crippen molar-refractivity contribution in [2.45, 2.75) is 18.3 Å². The number of carbonyl (C=O) groups excluding carboxylic acids is 1. The number of rotatable bonds is 1. The summed E-state index contributed by atoms with van der Waals surface area (Å²) in [5, 5.41) is 0.133. The molecule has 0 radical (unpaired) electrons. The van der Waals surface area contributed by atoms with Crippen LogP contribution in [0.25, 0.3) is 0 Å². The quantitative estimate of drug-likeness (QED) is 0.798. The lowest BCUT2D eigenvalue weighted by Crippen LogP contribution is -2.45. The van der Waals surface area contributed by atoms with Crippen LogP contribution in [0.15, 0.2) is 36.4 Å².